The smallest absolute Gasteiger partial charge is 0.337 e. The van der Waals surface area contributed by atoms with Crippen molar-refractivity contribution in [1.82, 2.24) is 19.6 Å². The Morgan fingerprint density at radius 3 is 2.83 bits per heavy atom. The third-order valence-electron chi connectivity index (χ3n) is 2.98. The van der Waals surface area contributed by atoms with Gasteiger partial charge in [-0.15, -0.1) is 5.10 Å². The predicted octanol–water partition coefficient (Wildman–Crippen LogP) is 0.851. The number of halogens is 1. The zero-order valence-corrected chi connectivity index (χ0v) is 13.0. The van der Waals surface area contributed by atoms with Crippen molar-refractivity contribution in [2.24, 2.45) is 0 Å². The molecule has 24 heavy (non-hydrogen) atoms. The summed E-state index contributed by atoms with van der Waals surface area (Å²) < 4.78 is 46.4. The Morgan fingerprint density at radius 1 is 1.38 bits per heavy atom. The molecule has 0 unspecified atom stereocenters. The second kappa shape index (κ2) is 5.85. The number of rotatable bonds is 4. The fourth-order valence-electron chi connectivity index (χ4n) is 1.91. The minimum Gasteiger partial charge on any atom is -0.465 e. The molecule has 0 saturated heterocycles. The van der Waals surface area contributed by atoms with Gasteiger partial charge in [0.25, 0.3) is 21.7 Å². The monoisotopic (exact) mass is 351 g/mol. The lowest BCUT2D eigenvalue weighted by atomic mass is 10.2. The third kappa shape index (κ3) is 2.88. The van der Waals surface area contributed by atoms with Crippen LogP contribution in [0.15, 0.2) is 41.6 Å². The topological polar surface area (TPSA) is 116 Å². The Morgan fingerprint density at radius 2 is 2.17 bits per heavy atom. The summed E-state index contributed by atoms with van der Waals surface area (Å²) in [5.41, 5.74) is -0.107. The van der Waals surface area contributed by atoms with E-state index in [1.807, 2.05) is 0 Å². The number of anilines is 1. The number of aromatic nitrogens is 4. The average molecular weight is 351 g/mol. The van der Waals surface area contributed by atoms with E-state index in [0.717, 1.165) is 25.3 Å². The number of carbonyl (C=O) groups is 1. The highest BCUT2D eigenvalue weighted by Crippen LogP contribution is 2.19. The van der Waals surface area contributed by atoms with Crippen molar-refractivity contribution in [3.05, 3.63) is 48.0 Å². The Bertz CT molecular complexity index is 1000. The Labute approximate surface area is 135 Å². The lowest BCUT2D eigenvalue weighted by Gasteiger charge is -2.07. The fraction of sp³-hybridized carbons (Fsp3) is 0.0769. The van der Waals surface area contributed by atoms with Crippen molar-refractivity contribution in [1.29, 1.82) is 0 Å². The molecule has 2 aromatic heterocycles. The number of nitrogens with one attached hydrogen (secondary N) is 1. The lowest BCUT2D eigenvalue weighted by Crippen LogP contribution is -2.16. The first-order valence-electron chi connectivity index (χ1n) is 6.49. The Kier molecular flexibility index (Phi) is 3.85. The zero-order valence-electron chi connectivity index (χ0n) is 12.2. The maximum atomic E-state index is 14.1. The normalized spacial score (nSPS) is 11.4. The van der Waals surface area contributed by atoms with E-state index >= 15 is 0 Å². The van der Waals surface area contributed by atoms with Crippen LogP contribution < -0.4 is 4.72 Å². The number of carbonyl (C=O) groups excluding carboxylic acids is 1. The van der Waals surface area contributed by atoms with Crippen LogP contribution in [-0.2, 0) is 14.8 Å². The number of benzene rings is 1. The van der Waals surface area contributed by atoms with Crippen LogP contribution >= 0.6 is 0 Å². The largest absolute Gasteiger partial charge is 0.465 e. The summed E-state index contributed by atoms with van der Waals surface area (Å²) >= 11 is 0. The quantitative estimate of drug-likeness (QED) is 0.693. The van der Waals surface area contributed by atoms with E-state index in [4.69, 9.17) is 0 Å². The molecule has 0 saturated carbocycles. The third-order valence-corrected chi connectivity index (χ3v) is 4.35. The molecule has 9 nitrogen and oxygen atoms in total. The Hall–Kier alpha value is -3.08. The van der Waals surface area contributed by atoms with Crippen LogP contribution in [0.3, 0.4) is 0 Å². The van der Waals surface area contributed by atoms with Gasteiger partial charge in [-0.2, -0.15) is 4.98 Å². The van der Waals surface area contributed by atoms with Gasteiger partial charge in [0, 0.05) is 12.4 Å². The van der Waals surface area contributed by atoms with E-state index in [9.17, 15) is 17.6 Å². The second-order valence-corrected chi connectivity index (χ2v) is 6.19. The van der Waals surface area contributed by atoms with Gasteiger partial charge in [-0.05, 0) is 24.3 Å². The molecule has 0 aliphatic carbocycles. The van der Waals surface area contributed by atoms with Crippen molar-refractivity contribution in [3.63, 3.8) is 0 Å². The van der Waals surface area contributed by atoms with Gasteiger partial charge in [-0.3, -0.25) is 0 Å². The van der Waals surface area contributed by atoms with E-state index in [0.29, 0.717) is 0 Å². The summed E-state index contributed by atoms with van der Waals surface area (Å²) in [4.78, 5) is 18.4. The van der Waals surface area contributed by atoms with Gasteiger partial charge in [0.15, 0.2) is 0 Å². The molecular formula is C13H10FN5O4S. The van der Waals surface area contributed by atoms with Gasteiger partial charge < -0.3 is 4.74 Å². The average Bonchev–Trinajstić information content (AvgIpc) is 2.94. The fourth-order valence-corrected chi connectivity index (χ4v) is 2.91. The highest BCUT2D eigenvalue weighted by Gasteiger charge is 2.22. The molecule has 0 amide bonds. The summed E-state index contributed by atoms with van der Waals surface area (Å²) in [5.74, 6) is -1.96. The molecule has 124 valence electrons. The van der Waals surface area contributed by atoms with Crippen LogP contribution in [0.1, 0.15) is 10.4 Å². The molecule has 0 fully saturated rings. The van der Waals surface area contributed by atoms with Crippen LogP contribution in [0.4, 0.5) is 10.3 Å². The van der Waals surface area contributed by atoms with E-state index in [1.165, 1.54) is 16.9 Å². The van der Waals surface area contributed by atoms with E-state index in [-0.39, 0.29) is 17.3 Å². The summed E-state index contributed by atoms with van der Waals surface area (Å²) in [6.45, 7) is 0. The van der Waals surface area contributed by atoms with Gasteiger partial charge in [0.2, 0.25) is 0 Å². The molecule has 0 atom stereocenters. The van der Waals surface area contributed by atoms with E-state index in [1.54, 1.807) is 6.07 Å². The summed E-state index contributed by atoms with van der Waals surface area (Å²) in [7, 11) is -3.15. The first-order chi connectivity index (χ1) is 11.4. The van der Waals surface area contributed by atoms with Crippen molar-refractivity contribution in [2.75, 3.05) is 11.8 Å². The first-order valence-corrected chi connectivity index (χ1v) is 7.97. The number of ether oxygens (including phenoxy) is 1. The Balaban J connectivity index is 1.94. The van der Waals surface area contributed by atoms with E-state index in [2.05, 4.69) is 24.5 Å². The molecule has 0 bridgehead atoms. The molecule has 1 aromatic carbocycles. The van der Waals surface area contributed by atoms with Crippen LogP contribution in [-0.4, -0.2) is 41.1 Å². The number of esters is 1. The zero-order chi connectivity index (χ0) is 17.3. The number of methoxy groups -OCH3 is 1. The molecule has 2 heterocycles. The van der Waals surface area contributed by atoms with Crippen LogP contribution in [0.2, 0.25) is 0 Å². The molecule has 0 radical (unpaired) electrons. The summed E-state index contributed by atoms with van der Waals surface area (Å²) in [5, 5.41) is 3.87. The number of hydrogen-bond acceptors (Lipinski definition) is 7. The molecule has 0 aliphatic heterocycles. The first kappa shape index (κ1) is 15.8. The van der Waals surface area contributed by atoms with Gasteiger partial charge in [-0.25, -0.2) is 31.8 Å². The van der Waals surface area contributed by atoms with Gasteiger partial charge in [0.05, 0.1) is 12.7 Å². The highest BCUT2D eigenvalue weighted by molar-refractivity contribution is 7.92. The van der Waals surface area contributed by atoms with Crippen LogP contribution in [0.25, 0.3) is 5.78 Å². The lowest BCUT2D eigenvalue weighted by molar-refractivity contribution is 0.0600. The number of fused-ring (bicyclic) bond motifs is 1. The van der Waals surface area contributed by atoms with Gasteiger partial charge >= 0.3 is 5.97 Å². The molecule has 3 rings (SSSR count). The van der Waals surface area contributed by atoms with E-state index < -0.39 is 26.7 Å². The second-order valence-electron chi connectivity index (χ2n) is 4.54. The van der Waals surface area contributed by atoms with Crippen molar-refractivity contribution in [2.45, 2.75) is 4.90 Å². The molecule has 11 heteroatoms. The minimum atomic E-state index is -4.28. The van der Waals surface area contributed by atoms with Crippen molar-refractivity contribution in [3.8, 4) is 0 Å². The van der Waals surface area contributed by atoms with Crippen LogP contribution in [0, 0.1) is 5.82 Å². The minimum absolute atomic E-state index is 0.107. The number of hydrogen-bond donors (Lipinski definition) is 1. The van der Waals surface area contributed by atoms with Crippen molar-refractivity contribution < 1.29 is 22.3 Å². The van der Waals surface area contributed by atoms with Crippen LogP contribution in [0.5, 0.6) is 0 Å². The highest BCUT2D eigenvalue weighted by atomic mass is 32.2. The number of sulfonamides is 1. The maximum Gasteiger partial charge on any atom is 0.337 e. The molecule has 0 spiro atoms. The number of nitrogens with zero attached hydrogens (tertiary/aromatic N) is 4. The van der Waals surface area contributed by atoms with Gasteiger partial charge in [-0.1, -0.05) is 0 Å². The van der Waals surface area contributed by atoms with Gasteiger partial charge in [0.1, 0.15) is 10.7 Å². The molecule has 3 aromatic rings. The molecule has 0 aliphatic rings. The standard InChI is InChI=1S/C13H10FN5O4S/c1-23-11(20)8-3-4-10(9(14)7-8)24(21,22)18-12-16-13-15-5-2-6-19(13)17-12/h2-7H,1H3,(H,17,18). The summed E-state index contributed by atoms with van der Waals surface area (Å²) in [6, 6.07) is 4.46. The summed E-state index contributed by atoms with van der Waals surface area (Å²) in [6.07, 6.45) is 2.99. The maximum absolute atomic E-state index is 14.1. The predicted molar refractivity (Wildman–Crippen MR) is 79.3 cm³/mol. The molecular weight excluding hydrogens is 341 g/mol. The SMILES string of the molecule is COC(=O)c1ccc(S(=O)(=O)Nc2nc3ncccn3n2)c(F)c1. The van der Waals surface area contributed by atoms with Crippen molar-refractivity contribution >= 4 is 27.7 Å². The molecule has 1 N–H and O–H groups in total.